The van der Waals surface area contributed by atoms with Crippen molar-refractivity contribution in [3.8, 4) is 5.75 Å². The third kappa shape index (κ3) is 5.03. The lowest BCUT2D eigenvalue weighted by atomic mass is 10.1. The minimum absolute atomic E-state index is 0.342. The summed E-state index contributed by atoms with van der Waals surface area (Å²) in [7, 11) is 1.53. The first-order valence-electron chi connectivity index (χ1n) is 8.95. The number of esters is 1. The highest BCUT2D eigenvalue weighted by Crippen LogP contribution is 2.28. The van der Waals surface area contributed by atoms with Crippen molar-refractivity contribution in [1.29, 1.82) is 0 Å². The van der Waals surface area contributed by atoms with Crippen LogP contribution in [-0.2, 0) is 9.53 Å². The van der Waals surface area contributed by atoms with Gasteiger partial charge in [0.1, 0.15) is 5.75 Å². The molecule has 29 heavy (non-hydrogen) atoms. The molecule has 0 radical (unpaired) electrons. The van der Waals surface area contributed by atoms with Gasteiger partial charge in [0.2, 0.25) is 6.10 Å². The first-order chi connectivity index (χ1) is 14.0. The predicted octanol–water partition coefficient (Wildman–Crippen LogP) is 5.30. The van der Waals surface area contributed by atoms with Gasteiger partial charge in [0.15, 0.2) is 0 Å². The Labute approximate surface area is 177 Å². The van der Waals surface area contributed by atoms with Crippen LogP contribution in [0.15, 0.2) is 77.3 Å². The van der Waals surface area contributed by atoms with E-state index in [-0.39, 0.29) is 0 Å². The molecule has 3 aromatic rings. The molecule has 0 spiro atoms. The van der Waals surface area contributed by atoms with E-state index in [0.717, 1.165) is 5.56 Å². The van der Waals surface area contributed by atoms with Crippen molar-refractivity contribution in [2.24, 2.45) is 0 Å². The van der Waals surface area contributed by atoms with Gasteiger partial charge in [0.25, 0.3) is 5.91 Å². The molecule has 5 nitrogen and oxygen atoms in total. The van der Waals surface area contributed by atoms with Crippen LogP contribution >= 0.6 is 15.9 Å². The highest BCUT2D eigenvalue weighted by Gasteiger charge is 2.27. The molecule has 0 aliphatic carbocycles. The Hall–Kier alpha value is -3.12. The first-order valence-corrected chi connectivity index (χ1v) is 9.75. The van der Waals surface area contributed by atoms with Crippen molar-refractivity contribution in [2.75, 3.05) is 12.4 Å². The molecule has 0 aliphatic rings. The average molecular weight is 454 g/mol. The number of aryl methyl sites for hydroxylation is 1. The van der Waals surface area contributed by atoms with Gasteiger partial charge >= 0.3 is 5.97 Å². The van der Waals surface area contributed by atoms with Crippen LogP contribution in [0, 0.1) is 6.92 Å². The average Bonchev–Trinajstić information content (AvgIpc) is 2.73. The maximum Gasteiger partial charge on any atom is 0.340 e. The first kappa shape index (κ1) is 20.6. The fourth-order valence-electron chi connectivity index (χ4n) is 2.82. The molecule has 1 amide bonds. The fraction of sp³-hybridized carbons (Fsp3) is 0.130. The van der Waals surface area contributed by atoms with Gasteiger partial charge in [-0.1, -0.05) is 48.5 Å². The third-order valence-corrected chi connectivity index (χ3v) is 4.96. The summed E-state index contributed by atoms with van der Waals surface area (Å²) in [5.74, 6) is -0.550. The van der Waals surface area contributed by atoms with E-state index in [9.17, 15) is 9.59 Å². The molecule has 1 atom stereocenters. The third-order valence-electron chi connectivity index (χ3n) is 4.27. The van der Waals surface area contributed by atoms with Gasteiger partial charge in [-0.2, -0.15) is 0 Å². The summed E-state index contributed by atoms with van der Waals surface area (Å²) in [4.78, 5) is 25.8. The number of benzene rings is 3. The number of nitrogens with one attached hydrogen (secondary N) is 1. The number of halogens is 1. The molecule has 6 heteroatoms. The monoisotopic (exact) mass is 453 g/mol. The van der Waals surface area contributed by atoms with Crippen LogP contribution in [0.1, 0.15) is 27.6 Å². The standard InChI is InChI=1S/C23H20BrNO4/c1-15-12-13-20(28-2)19(14-15)25-22(26)21(16-8-4-3-5-9-16)29-23(27)17-10-6-7-11-18(17)24/h3-14,21H,1-2H3,(H,25,26)/t21-/m1/s1. The minimum Gasteiger partial charge on any atom is -0.495 e. The molecule has 0 saturated heterocycles. The normalized spacial score (nSPS) is 11.4. The van der Waals surface area contributed by atoms with Crippen LogP contribution in [-0.4, -0.2) is 19.0 Å². The van der Waals surface area contributed by atoms with Gasteiger partial charge in [-0.15, -0.1) is 0 Å². The molecular formula is C23H20BrNO4. The molecule has 0 aliphatic heterocycles. The summed E-state index contributed by atoms with van der Waals surface area (Å²) in [6.45, 7) is 1.91. The molecular weight excluding hydrogens is 434 g/mol. The van der Waals surface area contributed by atoms with Crippen molar-refractivity contribution in [3.05, 3.63) is 94.0 Å². The summed E-state index contributed by atoms with van der Waals surface area (Å²) in [6.07, 6.45) is -1.12. The fourth-order valence-corrected chi connectivity index (χ4v) is 3.26. The maximum absolute atomic E-state index is 13.1. The van der Waals surface area contributed by atoms with E-state index in [2.05, 4.69) is 21.2 Å². The van der Waals surface area contributed by atoms with Crippen LogP contribution in [0.4, 0.5) is 5.69 Å². The van der Waals surface area contributed by atoms with Crippen molar-refractivity contribution in [2.45, 2.75) is 13.0 Å². The van der Waals surface area contributed by atoms with Crippen molar-refractivity contribution < 1.29 is 19.1 Å². The molecule has 3 rings (SSSR count). The number of hydrogen-bond acceptors (Lipinski definition) is 4. The van der Waals surface area contributed by atoms with E-state index in [1.165, 1.54) is 7.11 Å². The molecule has 0 saturated carbocycles. The zero-order valence-corrected chi connectivity index (χ0v) is 17.6. The summed E-state index contributed by atoms with van der Waals surface area (Å²) in [5.41, 5.74) is 2.38. The summed E-state index contributed by atoms with van der Waals surface area (Å²) >= 11 is 3.34. The number of ether oxygens (including phenoxy) is 2. The summed E-state index contributed by atoms with van der Waals surface area (Å²) < 4.78 is 11.5. The second-order valence-corrected chi connectivity index (χ2v) is 7.22. The van der Waals surface area contributed by atoms with E-state index < -0.39 is 18.0 Å². The van der Waals surface area contributed by atoms with Gasteiger partial charge in [-0.05, 0) is 52.7 Å². The zero-order chi connectivity index (χ0) is 20.8. The Bertz CT molecular complexity index is 1020. The quantitative estimate of drug-likeness (QED) is 0.514. The second kappa shape index (κ2) is 9.39. The molecule has 0 unspecified atom stereocenters. The maximum atomic E-state index is 13.1. The molecule has 1 N–H and O–H groups in total. The van der Waals surface area contributed by atoms with Gasteiger partial charge in [0, 0.05) is 10.0 Å². The molecule has 0 heterocycles. The second-order valence-electron chi connectivity index (χ2n) is 6.37. The smallest absolute Gasteiger partial charge is 0.340 e. The van der Waals surface area contributed by atoms with E-state index in [0.29, 0.717) is 27.0 Å². The van der Waals surface area contributed by atoms with E-state index >= 15 is 0 Å². The zero-order valence-electron chi connectivity index (χ0n) is 16.0. The van der Waals surface area contributed by atoms with E-state index in [4.69, 9.17) is 9.47 Å². The Kier molecular flexibility index (Phi) is 6.67. The lowest BCUT2D eigenvalue weighted by Crippen LogP contribution is -2.26. The van der Waals surface area contributed by atoms with Gasteiger partial charge in [-0.25, -0.2) is 4.79 Å². The number of hydrogen-bond donors (Lipinski definition) is 1. The number of carbonyl (C=O) groups is 2. The number of carbonyl (C=O) groups excluding carboxylic acids is 2. The lowest BCUT2D eigenvalue weighted by molar-refractivity contribution is -0.125. The van der Waals surface area contributed by atoms with Crippen molar-refractivity contribution >= 4 is 33.5 Å². The van der Waals surface area contributed by atoms with Crippen LogP contribution in [0.2, 0.25) is 0 Å². The number of methoxy groups -OCH3 is 1. The molecule has 0 bridgehead atoms. The van der Waals surface area contributed by atoms with Crippen LogP contribution in [0.5, 0.6) is 5.75 Å². The Morgan fingerprint density at radius 2 is 1.66 bits per heavy atom. The number of amides is 1. The van der Waals surface area contributed by atoms with Crippen LogP contribution in [0.3, 0.4) is 0 Å². The van der Waals surface area contributed by atoms with E-state index in [1.54, 1.807) is 60.7 Å². The molecule has 3 aromatic carbocycles. The minimum atomic E-state index is -1.12. The van der Waals surface area contributed by atoms with Crippen molar-refractivity contribution in [1.82, 2.24) is 0 Å². The Morgan fingerprint density at radius 1 is 0.966 bits per heavy atom. The Balaban J connectivity index is 1.90. The van der Waals surface area contributed by atoms with Crippen molar-refractivity contribution in [3.63, 3.8) is 0 Å². The summed E-state index contributed by atoms with van der Waals surface area (Å²) in [5, 5.41) is 2.82. The Morgan fingerprint density at radius 3 is 2.34 bits per heavy atom. The topological polar surface area (TPSA) is 64.6 Å². The van der Waals surface area contributed by atoms with Gasteiger partial charge in [0.05, 0.1) is 18.4 Å². The van der Waals surface area contributed by atoms with Crippen LogP contribution in [0.25, 0.3) is 0 Å². The van der Waals surface area contributed by atoms with E-state index in [1.807, 2.05) is 19.1 Å². The highest BCUT2D eigenvalue weighted by molar-refractivity contribution is 9.10. The largest absolute Gasteiger partial charge is 0.495 e. The summed E-state index contributed by atoms with van der Waals surface area (Å²) in [6, 6.07) is 21.3. The van der Waals surface area contributed by atoms with Crippen LogP contribution < -0.4 is 10.1 Å². The molecule has 148 valence electrons. The van der Waals surface area contributed by atoms with Gasteiger partial charge in [-0.3, -0.25) is 4.79 Å². The predicted molar refractivity (Wildman–Crippen MR) is 115 cm³/mol. The number of rotatable bonds is 6. The molecule has 0 aromatic heterocycles. The molecule has 0 fully saturated rings. The highest BCUT2D eigenvalue weighted by atomic mass is 79.9. The lowest BCUT2D eigenvalue weighted by Gasteiger charge is -2.19. The number of anilines is 1. The van der Waals surface area contributed by atoms with Gasteiger partial charge < -0.3 is 14.8 Å². The SMILES string of the molecule is COc1ccc(C)cc1NC(=O)[C@H](OC(=O)c1ccccc1Br)c1ccccc1.